The quantitative estimate of drug-likeness (QED) is 0.449. The number of rotatable bonds is 6. The first-order valence-electron chi connectivity index (χ1n) is 10.0. The van der Waals surface area contributed by atoms with Gasteiger partial charge in [0.1, 0.15) is 6.04 Å². The molecule has 3 aliphatic rings. The molecule has 28 heavy (non-hydrogen) atoms. The minimum Gasteiger partial charge on any atom is -0.322 e. The van der Waals surface area contributed by atoms with E-state index >= 15 is 0 Å². The van der Waals surface area contributed by atoms with Crippen molar-refractivity contribution >= 4 is 17.7 Å². The predicted octanol–water partition coefficient (Wildman–Crippen LogP) is -0.558. The summed E-state index contributed by atoms with van der Waals surface area (Å²) in [5.74, 6) is -0.750. The third kappa shape index (κ3) is 3.94. The predicted molar refractivity (Wildman–Crippen MR) is 104 cm³/mol. The van der Waals surface area contributed by atoms with Crippen LogP contribution in [0.5, 0.6) is 0 Å². The summed E-state index contributed by atoms with van der Waals surface area (Å²) in [5, 5.41) is 9.19. The van der Waals surface area contributed by atoms with E-state index < -0.39 is 6.04 Å². The standard InChI is InChI=1S/C20H27N5O3/c26-18-5-4-17(19(27)23-18)25-13-16-14(2-1-3-15(16)20(25)28)12-22-8-11-24-9-6-21-7-10-24/h1-3,17,21-22H,4-13H2,(H,23,26,27). The van der Waals surface area contributed by atoms with Crippen LogP contribution in [0.25, 0.3) is 0 Å². The Hall–Kier alpha value is -2.29. The molecule has 1 atom stereocenters. The maximum Gasteiger partial charge on any atom is 0.255 e. The molecule has 8 heteroatoms. The number of hydrogen-bond donors (Lipinski definition) is 3. The molecule has 3 amide bonds. The maximum atomic E-state index is 12.8. The van der Waals surface area contributed by atoms with Crippen molar-refractivity contribution in [1.82, 2.24) is 25.8 Å². The van der Waals surface area contributed by atoms with Crippen LogP contribution in [0.4, 0.5) is 0 Å². The minimum atomic E-state index is -0.564. The van der Waals surface area contributed by atoms with Crippen LogP contribution in [0, 0.1) is 0 Å². The SMILES string of the molecule is O=C1CCC(N2Cc3c(CNCCN4CCNCC4)cccc3C2=O)C(=O)N1. The van der Waals surface area contributed by atoms with Crippen LogP contribution in [-0.4, -0.2) is 72.8 Å². The normalized spacial score (nSPS) is 23.1. The number of carbonyl (C=O) groups excluding carboxylic acids is 3. The van der Waals surface area contributed by atoms with Crippen molar-refractivity contribution < 1.29 is 14.4 Å². The van der Waals surface area contributed by atoms with Gasteiger partial charge < -0.3 is 15.5 Å². The number of carbonyl (C=O) groups is 3. The van der Waals surface area contributed by atoms with E-state index in [-0.39, 0.29) is 24.1 Å². The lowest BCUT2D eigenvalue weighted by Gasteiger charge is -2.29. The second-order valence-corrected chi connectivity index (χ2v) is 7.61. The van der Waals surface area contributed by atoms with Crippen molar-refractivity contribution in [2.24, 2.45) is 0 Å². The fourth-order valence-electron chi connectivity index (χ4n) is 4.21. The molecule has 0 aromatic heterocycles. The van der Waals surface area contributed by atoms with Gasteiger partial charge in [0, 0.05) is 64.3 Å². The van der Waals surface area contributed by atoms with E-state index in [1.165, 1.54) is 0 Å². The largest absolute Gasteiger partial charge is 0.322 e. The zero-order valence-electron chi connectivity index (χ0n) is 16.0. The van der Waals surface area contributed by atoms with Crippen molar-refractivity contribution in [3.05, 3.63) is 34.9 Å². The molecule has 3 N–H and O–H groups in total. The molecular weight excluding hydrogens is 358 g/mol. The summed E-state index contributed by atoms with van der Waals surface area (Å²) in [6.45, 7) is 7.29. The van der Waals surface area contributed by atoms with Crippen LogP contribution in [0.1, 0.15) is 34.3 Å². The zero-order valence-corrected chi connectivity index (χ0v) is 16.0. The Labute approximate surface area is 164 Å². The first kappa shape index (κ1) is 19.0. The highest BCUT2D eigenvalue weighted by molar-refractivity contribution is 6.05. The Morgan fingerprint density at radius 2 is 1.96 bits per heavy atom. The molecule has 2 fully saturated rings. The summed E-state index contributed by atoms with van der Waals surface area (Å²) in [4.78, 5) is 40.5. The Kier molecular flexibility index (Phi) is 5.70. The van der Waals surface area contributed by atoms with E-state index in [1.807, 2.05) is 18.2 Å². The summed E-state index contributed by atoms with van der Waals surface area (Å²) in [6, 6.07) is 5.20. The Balaban J connectivity index is 1.37. The highest BCUT2D eigenvalue weighted by atomic mass is 16.2. The summed E-state index contributed by atoms with van der Waals surface area (Å²) >= 11 is 0. The first-order chi connectivity index (χ1) is 13.6. The number of nitrogens with zero attached hydrogens (tertiary/aromatic N) is 2. The summed E-state index contributed by atoms with van der Waals surface area (Å²) < 4.78 is 0. The number of nitrogens with one attached hydrogen (secondary N) is 3. The van der Waals surface area contributed by atoms with Gasteiger partial charge in [-0.15, -0.1) is 0 Å². The lowest BCUT2D eigenvalue weighted by molar-refractivity contribution is -0.136. The zero-order chi connectivity index (χ0) is 19.5. The highest BCUT2D eigenvalue weighted by Crippen LogP contribution is 2.29. The van der Waals surface area contributed by atoms with E-state index in [9.17, 15) is 14.4 Å². The molecule has 2 saturated heterocycles. The van der Waals surface area contributed by atoms with Gasteiger partial charge in [0.05, 0.1) is 0 Å². The number of benzene rings is 1. The van der Waals surface area contributed by atoms with Crippen molar-refractivity contribution in [2.45, 2.75) is 32.0 Å². The average molecular weight is 385 g/mol. The second kappa shape index (κ2) is 8.38. The van der Waals surface area contributed by atoms with E-state index in [2.05, 4.69) is 20.9 Å². The van der Waals surface area contributed by atoms with Gasteiger partial charge in [0.2, 0.25) is 11.8 Å². The van der Waals surface area contributed by atoms with Crippen molar-refractivity contribution in [3.63, 3.8) is 0 Å². The molecule has 1 unspecified atom stereocenters. The van der Waals surface area contributed by atoms with Crippen LogP contribution in [0.15, 0.2) is 18.2 Å². The molecule has 1 aromatic carbocycles. The van der Waals surface area contributed by atoms with E-state index in [1.54, 1.807) is 4.90 Å². The highest BCUT2D eigenvalue weighted by Gasteiger charge is 2.39. The third-order valence-electron chi connectivity index (χ3n) is 5.81. The van der Waals surface area contributed by atoms with Crippen molar-refractivity contribution in [1.29, 1.82) is 0 Å². The van der Waals surface area contributed by atoms with E-state index in [0.717, 1.165) is 50.4 Å². The van der Waals surface area contributed by atoms with Gasteiger partial charge in [-0.05, 0) is 23.6 Å². The molecule has 150 valence electrons. The van der Waals surface area contributed by atoms with Crippen molar-refractivity contribution in [3.8, 4) is 0 Å². The molecule has 0 bridgehead atoms. The lowest BCUT2D eigenvalue weighted by Crippen LogP contribution is -2.52. The molecule has 4 rings (SSSR count). The summed E-state index contributed by atoms with van der Waals surface area (Å²) in [6.07, 6.45) is 0.666. The van der Waals surface area contributed by atoms with Crippen LogP contribution < -0.4 is 16.0 Å². The van der Waals surface area contributed by atoms with Gasteiger partial charge in [-0.1, -0.05) is 12.1 Å². The number of amides is 3. The molecule has 0 spiro atoms. The van der Waals surface area contributed by atoms with Crippen LogP contribution in [0.2, 0.25) is 0 Å². The summed E-state index contributed by atoms with van der Waals surface area (Å²) in [7, 11) is 0. The van der Waals surface area contributed by atoms with Crippen LogP contribution in [0.3, 0.4) is 0 Å². The number of piperidine rings is 1. The fraction of sp³-hybridized carbons (Fsp3) is 0.550. The van der Waals surface area contributed by atoms with Crippen LogP contribution >= 0.6 is 0 Å². The molecule has 1 aromatic rings. The number of imide groups is 1. The molecule has 3 aliphatic heterocycles. The van der Waals surface area contributed by atoms with Gasteiger partial charge in [0.25, 0.3) is 5.91 Å². The van der Waals surface area contributed by atoms with Gasteiger partial charge in [-0.2, -0.15) is 0 Å². The van der Waals surface area contributed by atoms with E-state index in [0.29, 0.717) is 25.1 Å². The molecule has 8 nitrogen and oxygen atoms in total. The van der Waals surface area contributed by atoms with Gasteiger partial charge in [-0.3, -0.25) is 24.6 Å². The van der Waals surface area contributed by atoms with E-state index in [4.69, 9.17) is 0 Å². The Bertz CT molecular complexity index is 775. The smallest absolute Gasteiger partial charge is 0.255 e. The molecule has 0 saturated carbocycles. The van der Waals surface area contributed by atoms with Crippen molar-refractivity contribution in [2.75, 3.05) is 39.3 Å². The van der Waals surface area contributed by atoms with Gasteiger partial charge >= 0.3 is 0 Å². The van der Waals surface area contributed by atoms with Gasteiger partial charge in [0.15, 0.2) is 0 Å². The maximum absolute atomic E-state index is 12.8. The fourth-order valence-corrected chi connectivity index (χ4v) is 4.21. The summed E-state index contributed by atoms with van der Waals surface area (Å²) in [5.41, 5.74) is 2.76. The monoisotopic (exact) mass is 385 g/mol. The second-order valence-electron chi connectivity index (χ2n) is 7.61. The number of hydrogen-bond acceptors (Lipinski definition) is 6. The number of fused-ring (bicyclic) bond motifs is 1. The Morgan fingerprint density at radius 3 is 2.75 bits per heavy atom. The van der Waals surface area contributed by atoms with Gasteiger partial charge in [-0.25, -0.2) is 0 Å². The molecular formula is C20H27N5O3. The minimum absolute atomic E-state index is 0.118. The first-order valence-corrected chi connectivity index (χ1v) is 10.0. The molecule has 0 radical (unpaired) electrons. The lowest BCUT2D eigenvalue weighted by atomic mass is 10.0. The molecule has 0 aliphatic carbocycles. The topological polar surface area (TPSA) is 93.8 Å². The molecule has 3 heterocycles. The Morgan fingerprint density at radius 1 is 1.14 bits per heavy atom. The number of piperazine rings is 1. The average Bonchev–Trinajstić information content (AvgIpc) is 3.03. The third-order valence-corrected chi connectivity index (χ3v) is 5.81. The van der Waals surface area contributed by atoms with Crippen LogP contribution in [-0.2, 0) is 22.7 Å².